The van der Waals surface area contributed by atoms with Gasteiger partial charge in [0.2, 0.25) is 0 Å². The number of ether oxygens (including phenoxy) is 1. The van der Waals surface area contributed by atoms with Crippen LogP contribution < -0.4 is 10.1 Å². The lowest BCUT2D eigenvalue weighted by atomic mass is 10.2. The first kappa shape index (κ1) is 13.7. The standard InChI is InChI=1S/C14H22N2O/c1-4-5-8-17-14-11-15-7-6-13(14)10-16-9-12(2)3/h4-7,11-12,16H,8-10H2,1-3H3/b5-4+. The summed E-state index contributed by atoms with van der Waals surface area (Å²) in [4.78, 5) is 4.09. The highest BCUT2D eigenvalue weighted by atomic mass is 16.5. The molecule has 0 fully saturated rings. The molecule has 0 bridgehead atoms. The zero-order valence-corrected chi connectivity index (χ0v) is 10.9. The summed E-state index contributed by atoms with van der Waals surface area (Å²) in [6.45, 7) is 8.81. The summed E-state index contributed by atoms with van der Waals surface area (Å²) in [5.74, 6) is 1.52. The SMILES string of the molecule is C/C=C/COc1cnccc1CNCC(C)C. The minimum Gasteiger partial charge on any atom is -0.488 e. The molecule has 0 amide bonds. The fourth-order valence-electron chi connectivity index (χ4n) is 1.41. The Morgan fingerprint density at radius 1 is 1.47 bits per heavy atom. The zero-order valence-electron chi connectivity index (χ0n) is 10.9. The highest BCUT2D eigenvalue weighted by Gasteiger charge is 2.02. The van der Waals surface area contributed by atoms with Crippen molar-refractivity contribution in [3.05, 3.63) is 36.2 Å². The number of nitrogens with zero attached hydrogens (tertiary/aromatic N) is 1. The fraction of sp³-hybridized carbons (Fsp3) is 0.500. The number of hydrogen-bond acceptors (Lipinski definition) is 3. The maximum absolute atomic E-state index is 5.65. The maximum Gasteiger partial charge on any atom is 0.142 e. The van der Waals surface area contributed by atoms with Gasteiger partial charge in [-0.25, -0.2) is 0 Å². The molecule has 1 N–H and O–H groups in total. The van der Waals surface area contributed by atoms with Gasteiger partial charge in [-0.2, -0.15) is 0 Å². The second-order valence-corrected chi connectivity index (χ2v) is 4.39. The number of rotatable bonds is 7. The summed E-state index contributed by atoms with van der Waals surface area (Å²) >= 11 is 0. The van der Waals surface area contributed by atoms with E-state index in [9.17, 15) is 0 Å². The lowest BCUT2D eigenvalue weighted by Crippen LogP contribution is -2.19. The van der Waals surface area contributed by atoms with Crippen molar-refractivity contribution in [3.8, 4) is 5.75 Å². The van der Waals surface area contributed by atoms with E-state index < -0.39 is 0 Å². The first-order valence-electron chi connectivity index (χ1n) is 6.11. The van der Waals surface area contributed by atoms with Crippen LogP contribution >= 0.6 is 0 Å². The van der Waals surface area contributed by atoms with Crippen molar-refractivity contribution in [2.45, 2.75) is 27.3 Å². The molecule has 0 unspecified atom stereocenters. The Balaban J connectivity index is 2.51. The Labute approximate surface area is 104 Å². The van der Waals surface area contributed by atoms with E-state index in [-0.39, 0.29) is 0 Å². The van der Waals surface area contributed by atoms with Gasteiger partial charge in [-0.3, -0.25) is 4.98 Å². The first-order valence-corrected chi connectivity index (χ1v) is 6.11. The Hall–Kier alpha value is -1.35. The van der Waals surface area contributed by atoms with Crippen LogP contribution in [0.2, 0.25) is 0 Å². The van der Waals surface area contributed by atoms with Crippen molar-refractivity contribution in [1.29, 1.82) is 0 Å². The van der Waals surface area contributed by atoms with Crippen LogP contribution in [0, 0.1) is 5.92 Å². The summed E-state index contributed by atoms with van der Waals surface area (Å²) in [7, 11) is 0. The van der Waals surface area contributed by atoms with Gasteiger partial charge < -0.3 is 10.1 Å². The van der Waals surface area contributed by atoms with Gasteiger partial charge in [0, 0.05) is 18.3 Å². The Kier molecular flexibility index (Phi) is 6.33. The topological polar surface area (TPSA) is 34.1 Å². The van der Waals surface area contributed by atoms with Gasteiger partial charge in [-0.05, 0) is 25.5 Å². The molecule has 0 atom stereocenters. The van der Waals surface area contributed by atoms with E-state index in [0.29, 0.717) is 12.5 Å². The molecule has 0 radical (unpaired) electrons. The highest BCUT2D eigenvalue weighted by molar-refractivity contribution is 5.29. The highest BCUT2D eigenvalue weighted by Crippen LogP contribution is 2.16. The second-order valence-electron chi connectivity index (χ2n) is 4.39. The molecule has 1 aromatic rings. The average Bonchev–Trinajstić information content (AvgIpc) is 2.31. The summed E-state index contributed by atoms with van der Waals surface area (Å²) < 4.78 is 5.65. The van der Waals surface area contributed by atoms with Crippen molar-refractivity contribution >= 4 is 0 Å². The minimum atomic E-state index is 0.597. The van der Waals surface area contributed by atoms with Crippen LogP contribution in [-0.2, 0) is 6.54 Å². The van der Waals surface area contributed by atoms with Crippen molar-refractivity contribution in [2.24, 2.45) is 5.92 Å². The van der Waals surface area contributed by atoms with Crippen LogP contribution in [0.1, 0.15) is 26.3 Å². The molecule has 94 valence electrons. The van der Waals surface area contributed by atoms with Gasteiger partial charge in [0.1, 0.15) is 12.4 Å². The number of aromatic nitrogens is 1. The van der Waals surface area contributed by atoms with Crippen LogP contribution in [-0.4, -0.2) is 18.1 Å². The van der Waals surface area contributed by atoms with E-state index in [4.69, 9.17) is 4.74 Å². The summed E-state index contributed by atoms with van der Waals surface area (Å²) in [5.41, 5.74) is 1.16. The van der Waals surface area contributed by atoms with Crippen molar-refractivity contribution in [2.75, 3.05) is 13.2 Å². The predicted octanol–water partition coefficient (Wildman–Crippen LogP) is 2.78. The Morgan fingerprint density at radius 3 is 3.00 bits per heavy atom. The van der Waals surface area contributed by atoms with E-state index >= 15 is 0 Å². The monoisotopic (exact) mass is 234 g/mol. The van der Waals surface area contributed by atoms with Crippen LogP contribution in [0.4, 0.5) is 0 Å². The van der Waals surface area contributed by atoms with E-state index in [1.165, 1.54) is 0 Å². The van der Waals surface area contributed by atoms with E-state index in [1.807, 2.05) is 25.1 Å². The lowest BCUT2D eigenvalue weighted by Gasteiger charge is -2.11. The molecular formula is C14H22N2O. The summed E-state index contributed by atoms with van der Waals surface area (Å²) in [6.07, 6.45) is 7.54. The summed E-state index contributed by atoms with van der Waals surface area (Å²) in [6, 6.07) is 2.00. The Morgan fingerprint density at radius 2 is 2.29 bits per heavy atom. The van der Waals surface area contributed by atoms with Gasteiger partial charge >= 0.3 is 0 Å². The molecule has 0 aliphatic rings. The molecule has 1 aromatic heterocycles. The maximum atomic E-state index is 5.65. The van der Waals surface area contributed by atoms with Gasteiger partial charge in [0.05, 0.1) is 6.20 Å². The van der Waals surface area contributed by atoms with Gasteiger partial charge in [-0.1, -0.05) is 26.0 Å². The van der Waals surface area contributed by atoms with Crippen molar-refractivity contribution < 1.29 is 4.74 Å². The molecule has 0 spiro atoms. The predicted molar refractivity (Wildman–Crippen MR) is 71.1 cm³/mol. The van der Waals surface area contributed by atoms with E-state index in [0.717, 1.165) is 24.4 Å². The zero-order chi connectivity index (χ0) is 12.5. The number of hydrogen-bond donors (Lipinski definition) is 1. The number of pyridine rings is 1. The third kappa shape index (κ3) is 5.50. The van der Waals surface area contributed by atoms with Crippen molar-refractivity contribution in [3.63, 3.8) is 0 Å². The molecule has 0 aliphatic carbocycles. The quantitative estimate of drug-likeness (QED) is 0.737. The smallest absolute Gasteiger partial charge is 0.142 e. The van der Waals surface area contributed by atoms with Gasteiger partial charge in [-0.15, -0.1) is 0 Å². The lowest BCUT2D eigenvalue weighted by molar-refractivity contribution is 0.355. The molecule has 0 aliphatic heterocycles. The van der Waals surface area contributed by atoms with E-state index in [2.05, 4.69) is 24.1 Å². The molecule has 0 saturated carbocycles. The normalized spacial score (nSPS) is 11.3. The largest absolute Gasteiger partial charge is 0.488 e. The molecule has 0 saturated heterocycles. The van der Waals surface area contributed by atoms with Crippen molar-refractivity contribution in [1.82, 2.24) is 10.3 Å². The van der Waals surface area contributed by atoms with Crippen LogP contribution in [0.3, 0.4) is 0 Å². The van der Waals surface area contributed by atoms with Crippen LogP contribution in [0.15, 0.2) is 30.6 Å². The molecule has 3 heteroatoms. The molecular weight excluding hydrogens is 212 g/mol. The fourth-order valence-corrected chi connectivity index (χ4v) is 1.41. The second kappa shape index (κ2) is 7.85. The first-order chi connectivity index (χ1) is 8.24. The number of allylic oxidation sites excluding steroid dienone is 1. The summed E-state index contributed by atoms with van der Waals surface area (Å²) in [5, 5.41) is 3.41. The van der Waals surface area contributed by atoms with Gasteiger partial charge in [0.25, 0.3) is 0 Å². The van der Waals surface area contributed by atoms with Gasteiger partial charge in [0.15, 0.2) is 0 Å². The molecule has 1 heterocycles. The van der Waals surface area contributed by atoms with E-state index in [1.54, 1.807) is 12.4 Å². The third-order valence-corrected chi connectivity index (χ3v) is 2.31. The minimum absolute atomic E-state index is 0.597. The average molecular weight is 234 g/mol. The third-order valence-electron chi connectivity index (χ3n) is 2.31. The molecule has 3 nitrogen and oxygen atoms in total. The Bertz CT molecular complexity index is 348. The van der Waals surface area contributed by atoms with Crippen LogP contribution in [0.5, 0.6) is 5.75 Å². The molecule has 0 aromatic carbocycles. The van der Waals surface area contributed by atoms with Crippen LogP contribution in [0.25, 0.3) is 0 Å². The molecule has 17 heavy (non-hydrogen) atoms. The molecule has 1 rings (SSSR count). The number of nitrogens with one attached hydrogen (secondary N) is 1.